The van der Waals surface area contributed by atoms with Crippen molar-refractivity contribution in [3.05, 3.63) is 71.4 Å². The van der Waals surface area contributed by atoms with Crippen LogP contribution in [0.3, 0.4) is 0 Å². The molecule has 1 amide bonds. The van der Waals surface area contributed by atoms with E-state index in [9.17, 15) is 59.0 Å². The number of halogens is 9. The number of nitrogen functional groups attached to an aromatic ring is 1. The maximum absolute atomic E-state index is 12.4. The van der Waals surface area contributed by atoms with Crippen molar-refractivity contribution < 1.29 is 97.3 Å². The van der Waals surface area contributed by atoms with E-state index in [0.29, 0.717) is 5.52 Å². The lowest BCUT2D eigenvalue weighted by Gasteiger charge is -2.31. The SMILES string of the molecule is CCOC(OCC)(C(=O)O)c1cc(OC(F)(F)F)ccc1NN.CCOC1(OCC)C(=O)N(N)c2ccc(OC(F)(F)F)cc21.O=C(O)c1n[nH]c2ccc(OC(F)(F)F)cc12. The van der Waals surface area contributed by atoms with Gasteiger partial charge in [0.2, 0.25) is 0 Å². The van der Waals surface area contributed by atoms with E-state index in [4.69, 9.17) is 35.7 Å². The third-order valence-corrected chi connectivity index (χ3v) is 7.69. The number of nitrogens with zero attached hydrogens (tertiary/aromatic N) is 2. The van der Waals surface area contributed by atoms with Crippen molar-refractivity contribution in [3.8, 4) is 17.2 Å². The molecule has 0 saturated heterocycles. The summed E-state index contributed by atoms with van der Waals surface area (Å²) in [6.45, 7) is 6.35. The number of carboxylic acid groups (broad SMARTS) is 2. The van der Waals surface area contributed by atoms with Crippen molar-refractivity contribution in [1.82, 2.24) is 10.2 Å². The van der Waals surface area contributed by atoms with E-state index >= 15 is 0 Å². The van der Waals surface area contributed by atoms with Crippen LogP contribution in [0, 0.1) is 0 Å². The topological polar surface area (TPSA) is 252 Å². The van der Waals surface area contributed by atoms with Crippen LogP contribution in [0.1, 0.15) is 49.3 Å². The van der Waals surface area contributed by atoms with Gasteiger partial charge in [-0.2, -0.15) is 5.10 Å². The second-order valence-corrected chi connectivity index (χ2v) is 11.7. The first kappa shape index (κ1) is 50.2. The lowest BCUT2D eigenvalue weighted by molar-refractivity contribution is -0.275. The minimum atomic E-state index is -4.93. The molecule has 5 rings (SSSR count). The summed E-state index contributed by atoms with van der Waals surface area (Å²) in [6.07, 6.45) is -14.6. The standard InChI is InChI=1S/C13H17F3N2O5.C13H15F3N2O4.C9H5F3N2O3/c1-3-21-12(11(19)20,22-4-2)9-7-8(23-13(14,15)16)5-6-10(9)18-17;1-3-20-12(21-4-2)9-7-8(22-13(14,15)16)5-6-10(9)18(17)11(12)19;10-9(11,12)17-4-1-2-6-5(3-4)7(8(15)16)14-13-6/h5-7,18H,3-4,17H2,1-2H3,(H,19,20);5-7H,3-4,17H2,1-2H3;1-3H,(H,13,14)(H,15,16). The minimum absolute atomic E-state index is 0.0174. The molecule has 1 aromatic heterocycles. The van der Waals surface area contributed by atoms with Crippen molar-refractivity contribution in [1.29, 1.82) is 0 Å². The van der Waals surface area contributed by atoms with Crippen LogP contribution in [0.5, 0.6) is 17.2 Å². The molecule has 27 heteroatoms. The van der Waals surface area contributed by atoms with Gasteiger partial charge in [-0.3, -0.25) is 15.7 Å². The first-order chi connectivity index (χ1) is 28.8. The summed E-state index contributed by atoms with van der Waals surface area (Å²) in [4.78, 5) is 34.8. The van der Waals surface area contributed by atoms with Gasteiger partial charge in [-0.05, 0) is 82.3 Å². The third-order valence-electron chi connectivity index (χ3n) is 7.69. The van der Waals surface area contributed by atoms with Crippen molar-refractivity contribution in [2.24, 2.45) is 11.7 Å². The highest BCUT2D eigenvalue weighted by Crippen LogP contribution is 2.44. The number of aromatic amines is 1. The Morgan fingerprint density at radius 3 is 1.69 bits per heavy atom. The number of benzene rings is 3. The average Bonchev–Trinajstić information content (AvgIpc) is 3.67. The number of amides is 1. The Bertz CT molecular complexity index is 2170. The Labute approximate surface area is 343 Å². The van der Waals surface area contributed by atoms with Crippen LogP contribution in [-0.4, -0.2) is 83.8 Å². The number of nitrogens with two attached hydrogens (primary N) is 2. The van der Waals surface area contributed by atoms with E-state index in [0.717, 1.165) is 47.5 Å². The number of anilines is 2. The van der Waals surface area contributed by atoms with E-state index in [1.54, 1.807) is 13.8 Å². The zero-order valence-electron chi connectivity index (χ0n) is 32.5. The van der Waals surface area contributed by atoms with Gasteiger partial charge in [-0.1, -0.05) is 0 Å². The van der Waals surface area contributed by atoms with Crippen LogP contribution >= 0.6 is 0 Å². The normalized spacial score (nSPS) is 13.7. The highest BCUT2D eigenvalue weighted by Gasteiger charge is 2.53. The predicted octanol–water partition coefficient (Wildman–Crippen LogP) is 6.37. The van der Waals surface area contributed by atoms with Gasteiger partial charge in [0.05, 0.1) is 28.0 Å². The van der Waals surface area contributed by atoms with E-state index < -0.39 is 65.8 Å². The number of aliphatic carboxylic acids is 1. The smallest absolute Gasteiger partial charge is 0.477 e. The molecule has 2 heterocycles. The van der Waals surface area contributed by atoms with Gasteiger partial charge in [0.15, 0.2) is 5.69 Å². The Balaban J connectivity index is 0.000000250. The number of carbonyl (C=O) groups is 3. The highest BCUT2D eigenvalue weighted by molar-refractivity contribution is 6.05. The third kappa shape index (κ3) is 12.3. The average molecular weight is 905 g/mol. The van der Waals surface area contributed by atoms with Crippen molar-refractivity contribution in [3.63, 3.8) is 0 Å². The van der Waals surface area contributed by atoms with Crippen molar-refractivity contribution >= 4 is 40.1 Å². The van der Waals surface area contributed by atoms with Crippen LogP contribution < -0.4 is 36.3 Å². The number of H-pyrrole nitrogens is 1. The summed E-state index contributed by atoms with van der Waals surface area (Å²) >= 11 is 0. The number of carbonyl (C=O) groups excluding carboxylic acids is 1. The summed E-state index contributed by atoms with van der Waals surface area (Å²) in [7, 11) is 0. The van der Waals surface area contributed by atoms with Gasteiger partial charge >= 0.3 is 36.9 Å². The highest BCUT2D eigenvalue weighted by atomic mass is 19.4. The van der Waals surface area contributed by atoms with E-state index in [1.807, 2.05) is 0 Å². The van der Waals surface area contributed by atoms with E-state index in [2.05, 4.69) is 29.8 Å². The van der Waals surface area contributed by atoms with Gasteiger partial charge in [0.1, 0.15) is 17.2 Å². The lowest BCUT2D eigenvalue weighted by atomic mass is 10.0. The molecular weight excluding hydrogens is 867 g/mol. The lowest BCUT2D eigenvalue weighted by Crippen LogP contribution is -2.47. The molecule has 0 atom stereocenters. The monoisotopic (exact) mass is 904 g/mol. The number of rotatable bonds is 15. The Morgan fingerprint density at radius 2 is 1.24 bits per heavy atom. The number of hydrazine groups is 2. The van der Waals surface area contributed by atoms with Crippen LogP contribution in [0.25, 0.3) is 10.9 Å². The largest absolute Gasteiger partial charge is 0.573 e. The zero-order chi connectivity index (χ0) is 46.8. The van der Waals surface area contributed by atoms with Gasteiger partial charge < -0.3 is 48.8 Å². The Morgan fingerprint density at radius 1 is 0.758 bits per heavy atom. The number of hydrogen-bond acceptors (Lipinski definition) is 14. The molecular formula is C35H37F9N6O12. The molecule has 62 heavy (non-hydrogen) atoms. The van der Waals surface area contributed by atoms with Gasteiger partial charge in [-0.15, -0.1) is 39.5 Å². The fraction of sp³-hybridized carbons (Fsp3) is 0.371. The molecule has 4 aromatic rings. The zero-order valence-corrected chi connectivity index (χ0v) is 32.5. The van der Waals surface area contributed by atoms with Gasteiger partial charge in [0, 0.05) is 31.8 Å². The Kier molecular flexibility index (Phi) is 16.3. The van der Waals surface area contributed by atoms with Crippen LogP contribution in [0.4, 0.5) is 50.9 Å². The second-order valence-electron chi connectivity index (χ2n) is 11.7. The molecule has 0 aliphatic carbocycles. The fourth-order valence-corrected chi connectivity index (χ4v) is 5.61. The van der Waals surface area contributed by atoms with Gasteiger partial charge in [0.25, 0.3) is 11.6 Å². The summed E-state index contributed by atoms with van der Waals surface area (Å²) in [6, 6.07) is 9.61. The van der Waals surface area contributed by atoms with Crippen LogP contribution in [-0.2, 0) is 40.1 Å². The quantitative estimate of drug-likeness (QED) is 0.0249. The number of ether oxygens (including phenoxy) is 7. The molecule has 0 spiro atoms. The van der Waals surface area contributed by atoms with Crippen molar-refractivity contribution in [2.75, 3.05) is 36.9 Å². The van der Waals surface area contributed by atoms with E-state index in [-0.39, 0.29) is 60.0 Å². The summed E-state index contributed by atoms with van der Waals surface area (Å²) < 4.78 is 143. The predicted molar refractivity (Wildman–Crippen MR) is 193 cm³/mol. The molecule has 1 aliphatic rings. The summed E-state index contributed by atoms with van der Waals surface area (Å²) in [5, 5.41) is 25.0. The molecule has 0 saturated carbocycles. The van der Waals surface area contributed by atoms with Crippen LogP contribution in [0.15, 0.2) is 54.6 Å². The maximum atomic E-state index is 12.4. The number of carboxylic acids is 2. The van der Waals surface area contributed by atoms with Crippen LogP contribution in [0.2, 0.25) is 0 Å². The fourth-order valence-electron chi connectivity index (χ4n) is 5.61. The number of aromatic nitrogens is 2. The minimum Gasteiger partial charge on any atom is -0.477 e. The number of aromatic carboxylic acids is 1. The number of alkyl halides is 9. The number of nitrogens with one attached hydrogen (secondary N) is 2. The van der Waals surface area contributed by atoms with E-state index in [1.165, 1.54) is 26.0 Å². The summed E-state index contributed by atoms with van der Waals surface area (Å²) in [5.41, 5.74) is 2.20. The molecule has 0 unspecified atom stereocenters. The number of fused-ring (bicyclic) bond motifs is 2. The maximum Gasteiger partial charge on any atom is 0.573 e. The van der Waals surface area contributed by atoms with Gasteiger partial charge in [-0.25, -0.2) is 20.4 Å². The molecule has 0 bridgehead atoms. The first-order valence-corrected chi connectivity index (χ1v) is 17.4. The molecule has 0 radical (unpaired) electrons. The molecule has 3 aromatic carbocycles. The Hall–Kier alpha value is -6.13. The first-order valence-electron chi connectivity index (χ1n) is 17.4. The number of hydrogen-bond donors (Lipinski definition) is 6. The second kappa shape index (κ2) is 20.2. The summed E-state index contributed by atoms with van der Waals surface area (Å²) in [5.74, 6) is 1.58. The molecule has 0 fully saturated rings. The molecule has 8 N–H and O–H groups in total. The van der Waals surface area contributed by atoms with Crippen molar-refractivity contribution in [2.45, 2.75) is 58.4 Å². The molecule has 342 valence electrons. The molecule has 18 nitrogen and oxygen atoms in total. The molecule has 1 aliphatic heterocycles.